The lowest BCUT2D eigenvalue weighted by atomic mass is 10.2. The molecular weight excluding hydrogens is 335 g/mol. The molecule has 0 aliphatic carbocycles. The van der Waals surface area contributed by atoms with Gasteiger partial charge in [0.05, 0.1) is 10.0 Å². The first-order valence-electron chi connectivity index (χ1n) is 5.75. The lowest BCUT2D eigenvalue weighted by molar-refractivity contribution is 1.46. The van der Waals surface area contributed by atoms with Crippen LogP contribution < -0.4 is 10.6 Å². The third-order valence-corrected chi connectivity index (χ3v) is 3.96. The molecule has 0 heterocycles. The SMILES string of the molecule is Cc1ccc(NC(=S)Nc2ccc(Cl)c(Cl)c2)cc1Cl. The number of benzene rings is 2. The van der Waals surface area contributed by atoms with E-state index in [1.165, 1.54) is 0 Å². The Morgan fingerprint density at radius 3 is 1.95 bits per heavy atom. The predicted octanol–water partition coefficient (Wildman–Crippen LogP) is 5.76. The molecule has 0 aliphatic rings. The van der Waals surface area contributed by atoms with Gasteiger partial charge in [0.25, 0.3) is 0 Å². The Morgan fingerprint density at radius 2 is 1.40 bits per heavy atom. The Kier molecular flexibility index (Phi) is 5.11. The molecule has 2 nitrogen and oxygen atoms in total. The van der Waals surface area contributed by atoms with Gasteiger partial charge in [-0.1, -0.05) is 40.9 Å². The van der Waals surface area contributed by atoms with E-state index < -0.39 is 0 Å². The van der Waals surface area contributed by atoms with Crippen molar-refractivity contribution in [1.82, 2.24) is 0 Å². The second-order valence-corrected chi connectivity index (χ2v) is 5.80. The molecule has 6 heteroatoms. The summed E-state index contributed by atoms with van der Waals surface area (Å²) in [4.78, 5) is 0. The maximum Gasteiger partial charge on any atom is 0.175 e. The summed E-state index contributed by atoms with van der Waals surface area (Å²) in [7, 11) is 0. The highest BCUT2D eigenvalue weighted by atomic mass is 35.5. The molecule has 0 saturated carbocycles. The summed E-state index contributed by atoms with van der Waals surface area (Å²) in [5.74, 6) is 0. The second kappa shape index (κ2) is 6.64. The lowest BCUT2D eigenvalue weighted by Gasteiger charge is -2.12. The summed E-state index contributed by atoms with van der Waals surface area (Å²) >= 11 is 23.1. The van der Waals surface area contributed by atoms with E-state index in [1.54, 1.807) is 18.2 Å². The Bertz CT molecular complexity index is 603. The molecule has 0 unspecified atom stereocenters. The van der Waals surface area contributed by atoms with Gasteiger partial charge in [-0.15, -0.1) is 0 Å². The van der Waals surface area contributed by atoms with E-state index in [2.05, 4.69) is 10.6 Å². The number of rotatable bonds is 2. The third kappa shape index (κ3) is 4.00. The first kappa shape index (κ1) is 15.4. The summed E-state index contributed by atoms with van der Waals surface area (Å²) in [6.45, 7) is 1.94. The summed E-state index contributed by atoms with van der Waals surface area (Å²) in [5.41, 5.74) is 2.59. The third-order valence-electron chi connectivity index (χ3n) is 2.61. The Labute approximate surface area is 138 Å². The smallest absolute Gasteiger partial charge is 0.175 e. The normalized spacial score (nSPS) is 10.2. The molecule has 0 aromatic heterocycles. The molecule has 20 heavy (non-hydrogen) atoms. The molecule has 0 aliphatic heterocycles. The van der Waals surface area contributed by atoms with Crippen LogP contribution in [0.1, 0.15) is 5.56 Å². The summed E-state index contributed by atoms with van der Waals surface area (Å²) in [6, 6.07) is 10.9. The zero-order chi connectivity index (χ0) is 14.7. The predicted molar refractivity (Wildman–Crippen MR) is 92.5 cm³/mol. The van der Waals surface area contributed by atoms with E-state index in [0.29, 0.717) is 20.2 Å². The highest BCUT2D eigenvalue weighted by molar-refractivity contribution is 7.80. The van der Waals surface area contributed by atoms with Crippen molar-refractivity contribution < 1.29 is 0 Å². The topological polar surface area (TPSA) is 24.1 Å². The number of thiocarbonyl (C=S) groups is 1. The standard InChI is InChI=1S/C14H11Cl3N2S/c1-8-2-3-9(6-12(8)16)18-14(20)19-10-4-5-11(15)13(17)7-10/h2-7H,1H3,(H2,18,19,20). The molecule has 2 rings (SSSR count). The fourth-order valence-corrected chi connectivity index (χ4v) is 2.25. The van der Waals surface area contributed by atoms with Crippen LogP contribution in [0.25, 0.3) is 0 Å². The van der Waals surface area contributed by atoms with Gasteiger partial charge in [0.1, 0.15) is 0 Å². The summed E-state index contributed by atoms with van der Waals surface area (Å²) in [5, 5.41) is 8.19. The van der Waals surface area contributed by atoms with Crippen LogP contribution in [0.2, 0.25) is 15.1 Å². The molecule has 0 radical (unpaired) electrons. The van der Waals surface area contributed by atoms with Crippen molar-refractivity contribution in [3.8, 4) is 0 Å². The van der Waals surface area contributed by atoms with Crippen molar-refractivity contribution in [3.63, 3.8) is 0 Å². The Morgan fingerprint density at radius 1 is 0.850 bits per heavy atom. The van der Waals surface area contributed by atoms with Crippen molar-refractivity contribution in [1.29, 1.82) is 0 Å². The molecule has 0 spiro atoms. The minimum Gasteiger partial charge on any atom is -0.332 e. The average Bonchev–Trinajstić information content (AvgIpc) is 2.38. The quantitative estimate of drug-likeness (QED) is 0.676. The van der Waals surface area contributed by atoms with Crippen molar-refractivity contribution in [2.75, 3.05) is 10.6 Å². The molecule has 0 bridgehead atoms. The number of hydrogen-bond acceptors (Lipinski definition) is 1. The highest BCUT2D eigenvalue weighted by Crippen LogP contribution is 2.25. The zero-order valence-electron chi connectivity index (χ0n) is 10.5. The van der Waals surface area contributed by atoms with E-state index >= 15 is 0 Å². The van der Waals surface area contributed by atoms with Crippen LogP contribution in [0.5, 0.6) is 0 Å². The van der Waals surface area contributed by atoms with Gasteiger partial charge in [0, 0.05) is 16.4 Å². The van der Waals surface area contributed by atoms with Gasteiger partial charge in [-0.05, 0) is 55.0 Å². The van der Waals surface area contributed by atoms with E-state index in [0.717, 1.165) is 16.9 Å². The van der Waals surface area contributed by atoms with Crippen molar-refractivity contribution >= 4 is 63.5 Å². The van der Waals surface area contributed by atoms with Crippen LogP contribution in [0.15, 0.2) is 36.4 Å². The van der Waals surface area contributed by atoms with Crippen LogP contribution in [-0.2, 0) is 0 Å². The first-order chi connectivity index (χ1) is 9.45. The van der Waals surface area contributed by atoms with E-state index in [-0.39, 0.29) is 0 Å². The van der Waals surface area contributed by atoms with Gasteiger partial charge in [0.15, 0.2) is 5.11 Å². The van der Waals surface area contributed by atoms with Gasteiger partial charge in [-0.2, -0.15) is 0 Å². The van der Waals surface area contributed by atoms with Crippen LogP contribution >= 0.6 is 47.0 Å². The number of halogens is 3. The fourth-order valence-electron chi connectivity index (χ4n) is 1.54. The first-order valence-corrected chi connectivity index (χ1v) is 7.29. The molecule has 0 saturated heterocycles. The minimum atomic E-state index is 0.448. The van der Waals surface area contributed by atoms with Crippen molar-refractivity contribution in [2.24, 2.45) is 0 Å². The van der Waals surface area contributed by atoms with Gasteiger partial charge in [-0.25, -0.2) is 0 Å². The number of aryl methyl sites for hydroxylation is 1. The molecule has 2 aromatic rings. The van der Waals surface area contributed by atoms with E-state index in [9.17, 15) is 0 Å². The Hall–Kier alpha value is -1.000. The molecular formula is C14H11Cl3N2S. The highest BCUT2D eigenvalue weighted by Gasteiger charge is 2.03. The number of nitrogens with one attached hydrogen (secondary N) is 2. The van der Waals surface area contributed by atoms with Crippen LogP contribution in [0, 0.1) is 6.92 Å². The summed E-state index contributed by atoms with van der Waals surface area (Å²) in [6.07, 6.45) is 0. The lowest BCUT2D eigenvalue weighted by Crippen LogP contribution is -2.19. The Balaban J connectivity index is 2.04. The summed E-state index contributed by atoms with van der Waals surface area (Å²) < 4.78 is 0. The maximum atomic E-state index is 6.06. The fraction of sp³-hybridized carbons (Fsp3) is 0.0714. The monoisotopic (exact) mass is 344 g/mol. The molecule has 0 atom stereocenters. The van der Waals surface area contributed by atoms with Gasteiger partial charge >= 0.3 is 0 Å². The largest absolute Gasteiger partial charge is 0.332 e. The molecule has 104 valence electrons. The molecule has 2 N–H and O–H groups in total. The number of anilines is 2. The molecule has 0 amide bonds. The van der Waals surface area contributed by atoms with Gasteiger partial charge in [-0.3, -0.25) is 0 Å². The van der Waals surface area contributed by atoms with Crippen molar-refractivity contribution in [2.45, 2.75) is 6.92 Å². The van der Waals surface area contributed by atoms with Crippen LogP contribution in [-0.4, -0.2) is 5.11 Å². The van der Waals surface area contributed by atoms with E-state index in [4.69, 9.17) is 47.0 Å². The zero-order valence-corrected chi connectivity index (χ0v) is 13.6. The van der Waals surface area contributed by atoms with Crippen LogP contribution in [0.4, 0.5) is 11.4 Å². The van der Waals surface area contributed by atoms with Crippen LogP contribution in [0.3, 0.4) is 0 Å². The molecule has 0 fully saturated rings. The maximum absolute atomic E-state index is 6.06. The van der Waals surface area contributed by atoms with Gasteiger partial charge < -0.3 is 10.6 Å². The molecule has 2 aromatic carbocycles. The van der Waals surface area contributed by atoms with Gasteiger partial charge in [0.2, 0.25) is 0 Å². The second-order valence-electron chi connectivity index (χ2n) is 4.17. The van der Waals surface area contributed by atoms with Crippen molar-refractivity contribution in [3.05, 3.63) is 57.0 Å². The van der Waals surface area contributed by atoms with E-state index in [1.807, 2.05) is 25.1 Å². The minimum absolute atomic E-state index is 0.448. The number of hydrogen-bond donors (Lipinski definition) is 2. The average molecular weight is 346 g/mol.